The van der Waals surface area contributed by atoms with E-state index in [9.17, 15) is 4.79 Å². The minimum absolute atomic E-state index is 0.0761. The largest absolute Gasteiger partial charge is 0.497 e. The molecule has 0 saturated carbocycles. The molecule has 1 unspecified atom stereocenters. The van der Waals surface area contributed by atoms with E-state index in [1.165, 1.54) is 5.56 Å². The van der Waals surface area contributed by atoms with E-state index in [4.69, 9.17) is 14.2 Å². The van der Waals surface area contributed by atoms with E-state index >= 15 is 0 Å². The number of carbonyl (C=O) groups is 1. The maximum atomic E-state index is 13.7. The van der Waals surface area contributed by atoms with Crippen molar-refractivity contribution < 1.29 is 19.0 Å². The van der Waals surface area contributed by atoms with Crippen molar-refractivity contribution in [1.82, 2.24) is 15.1 Å². The molecule has 3 aromatic carbocycles. The summed E-state index contributed by atoms with van der Waals surface area (Å²) in [6, 6.07) is 21.8. The SMILES string of the molecule is COc1ccc(-c2n[nH]c3c2C(c2ccc(C(C)C)cc2)N(Cc2ccc4c(c2)OCO4)C3=O)cc1. The molecule has 0 fully saturated rings. The Kier molecular flexibility index (Phi) is 5.40. The van der Waals surface area contributed by atoms with Crippen LogP contribution in [0.4, 0.5) is 0 Å². The highest BCUT2D eigenvalue weighted by Gasteiger charge is 2.42. The smallest absolute Gasteiger partial charge is 0.273 e. The molecule has 0 spiro atoms. The Morgan fingerprint density at radius 1 is 1.03 bits per heavy atom. The number of rotatable bonds is 6. The van der Waals surface area contributed by atoms with E-state index in [-0.39, 0.29) is 18.7 Å². The monoisotopic (exact) mass is 481 g/mol. The third kappa shape index (κ3) is 3.68. The minimum atomic E-state index is -0.282. The lowest BCUT2D eigenvalue weighted by Crippen LogP contribution is -2.29. The lowest BCUT2D eigenvalue weighted by Gasteiger charge is -2.27. The zero-order valence-corrected chi connectivity index (χ0v) is 20.4. The number of benzene rings is 3. The zero-order chi connectivity index (χ0) is 24.8. The zero-order valence-electron chi connectivity index (χ0n) is 20.4. The fourth-order valence-corrected chi connectivity index (χ4v) is 4.97. The number of hydrogen-bond donors (Lipinski definition) is 1. The number of nitrogens with zero attached hydrogens (tertiary/aromatic N) is 2. The van der Waals surface area contributed by atoms with E-state index < -0.39 is 0 Å². The summed E-state index contributed by atoms with van der Waals surface area (Å²) >= 11 is 0. The van der Waals surface area contributed by atoms with Crippen LogP contribution in [0.15, 0.2) is 66.7 Å². The number of nitrogens with one attached hydrogen (secondary N) is 1. The van der Waals surface area contributed by atoms with Crippen LogP contribution >= 0.6 is 0 Å². The van der Waals surface area contributed by atoms with Gasteiger partial charge in [0.15, 0.2) is 11.5 Å². The summed E-state index contributed by atoms with van der Waals surface area (Å²) in [6.07, 6.45) is 0. The summed E-state index contributed by atoms with van der Waals surface area (Å²) in [6.45, 7) is 5.00. The molecule has 0 aliphatic carbocycles. The summed E-state index contributed by atoms with van der Waals surface area (Å²) < 4.78 is 16.4. The molecule has 2 aliphatic rings. The number of ether oxygens (including phenoxy) is 3. The molecule has 3 heterocycles. The molecule has 1 amide bonds. The van der Waals surface area contributed by atoms with Gasteiger partial charge in [0.05, 0.1) is 18.8 Å². The molecule has 0 saturated heterocycles. The van der Waals surface area contributed by atoms with Gasteiger partial charge in [0.1, 0.15) is 11.4 Å². The quantitative estimate of drug-likeness (QED) is 0.383. The summed E-state index contributed by atoms with van der Waals surface area (Å²) in [4.78, 5) is 15.6. The Hall–Kier alpha value is -4.26. The number of aromatic nitrogens is 2. The molecule has 36 heavy (non-hydrogen) atoms. The first-order valence-corrected chi connectivity index (χ1v) is 12.1. The van der Waals surface area contributed by atoms with Gasteiger partial charge in [-0.05, 0) is 59.0 Å². The summed E-state index contributed by atoms with van der Waals surface area (Å²) in [7, 11) is 1.64. The Morgan fingerprint density at radius 3 is 2.50 bits per heavy atom. The van der Waals surface area contributed by atoms with Gasteiger partial charge in [0.25, 0.3) is 5.91 Å². The van der Waals surface area contributed by atoms with Crippen LogP contribution < -0.4 is 14.2 Å². The van der Waals surface area contributed by atoms with E-state index in [0.717, 1.165) is 39.4 Å². The molecule has 7 heteroatoms. The second-order valence-corrected chi connectivity index (χ2v) is 9.43. The van der Waals surface area contributed by atoms with Gasteiger partial charge in [0, 0.05) is 17.7 Å². The first-order valence-electron chi connectivity index (χ1n) is 12.1. The second-order valence-electron chi connectivity index (χ2n) is 9.43. The van der Waals surface area contributed by atoms with Crippen LogP contribution in [0.2, 0.25) is 0 Å². The van der Waals surface area contributed by atoms with Crippen molar-refractivity contribution in [2.75, 3.05) is 13.9 Å². The van der Waals surface area contributed by atoms with Gasteiger partial charge in [0.2, 0.25) is 6.79 Å². The molecular weight excluding hydrogens is 454 g/mol. The number of carbonyl (C=O) groups excluding carboxylic acids is 1. The van der Waals surface area contributed by atoms with E-state index in [1.807, 2.05) is 47.4 Å². The summed E-state index contributed by atoms with van der Waals surface area (Å²) in [5, 5.41) is 7.61. The number of amides is 1. The number of methoxy groups -OCH3 is 1. The third-order valence-electron chi connectivity index (χ3n) is 6.94. The molecule has 1 atom stereocenters. The fourth-order valence-electron chi connectivity index (χ4n) is 4.97. The van der Waals surface area contributed by atoms with Gasteiger partial charge >= 0.3 is 0 Å². The van der Waals surface area contributed by atoms with Crippen LogP contribution in [0.25, 0.3) is 11.3 Å². The Balaban J connectivity index is 1.44. The highest BCUT2D eigenvalue weighted by atomic mass is 16.7. The molecule has 0 radical (unpaired) electrons. The maximum Gasteiger partial charge on any atom is 0.273 e. The molecule has 1 N–H and O–H groups in total. The van der Waals surface area contributed by atoms with Crippen LogP contribution in [-0.4, -0.2) is 34.9 Å². The van der Waals surface area contributed by atoms with Crippen LogP contribution in [0, 0.1) is 0 Å². The van der Waals surface area contributed by atoms with Gasteiger partial charge in [-0.25, -0.2) is 0 Å². The topological polar surface area (TPSA) is 76.7 Å². The fraction of sp³-hybridized carbons (Fsp3) is 0.241. The van der Waals surface area contributed by atoms with Crippen molar-refractivity contribution in [3.8, 4) is 28.5 Å². The van der Waals surface area contributed by atoms with Gasteiger partial charge in [-0.1, -0.05) is 44.2 Å². The van der Waals surface area contributed by atoms with Crippen LogP contribution in [0.5, 0.6) is 17.2 Å². The van der Waals surface area contributed by atoms with Crippen molar-refractivity contribution >= 4 is 5.91 Å². The molecule has 4 aromatic rings. The lowest BCUT2D eigenvalue weighted by molar-refractivity contribution is 0.0730. The normalized spacial score (nSPS) is 16.1. The van der Waals surface area contributed by atoms with Crippen molar-refractivity contribution in [2.45, 2.75) is 32.4 Å². The van der Waals surface area contributed by atoms with Crippen LogP contribution in [-0.2, 0) is 6.54 Å². The number of hydrogen-bond acceptors (Lipinski definition) is 5. The van der Waals surface area contributed by atoms with Crippen molar-refractivity contribution in [2.24, 2.45) is 0 Å². The summed E-state index contributed by atoms with van der Waals surface area (Å²) in [5.41, 5.74) is 6.39. The third-order valence-corrected chi connectivity index (χ3v) is 6.94. The highest BCUT2D eigenvalue weighted by Crippen LogP contribution is 2.44. The first-order chi connectivity index (χ1) is 17.5. The van der Waals surface area contributed by atoms with E-state index in [0.29, 0.717) is 23.9 Å². The van der Waals surface area contributed by atoms with Crippen LogP contribution in [0.3, 0.4) is 0 Å². The minimum Gasteiger partial charge on any atom is -0.497 e. The second kappa shape index (κ2) is 8.75. The highest BCUT2D eigenvalue weighted by molar-refractivity contribution is 6.00. The van der Waals surface area contributed by atoms with Crippen molar-refractivity contribution in [3.05, 3.63) is 94.7 Å². The molecule has 6 rings (SSSR count). The van der Waals surface area contributed by atoms with Crippen molar-refractivity contribution in [1.29, 1.82) is 0 Å². The molecule has 2 aliphatic heterocycles. The number of H-pyrrole nitrogens is 1. The Bertz CT molecular complexity index is 1420. The summed E-state index contributed by atoms with van der Waals surface area (Å²) in [5.74, 6) is 2.55. The number of fused-ring (bicyclic) bond motifs is 2. The predicted molar refractivity (Wildman–Crippen MR) is 135 cm³/mol. The average molecular weight is 482 g/mol. The molecule has 1 aromatic heterocycles. The Morgan fingerprint density at radius 2 is 1.78 bits per heavy atom. The maximum absolute atomic E-state index is 13.7. The molecule has 0 bridgehead atoms. The van der Waals surface area contributed by atoms with Gasteiger partial charge < -0.3 is 19.1 Å². The van der Waals surface area contributed by atoms with E-state index in [2.05, 4.69) is 48.3 Å². The van der Waals surface area contributed by atoms with E-state index in [1.54, 1.807) is 7.11 Å². The first kappa shape index (κ1) is 22.2. The lowest BCUT2D eigenvalue weighted by atomic mass is 9.93. The number of aromatic amines is 1. The van der Waals surface area contributed by atoms with Crippen LogP contribution in [0.1, 0.15) is 58.5 Å². The van der Waals surface area contributed by atoms with Crippen molar-refractivity contribution in [3.63, 3.8) is 0 Å². The molecular formula is C29H27N3O4. The standard InChI is InChI=1S/C29H27N3O4/c1-17(2)19-5-7-21(8-6-19)28-25-26(20-9-11-22(34-3)12-10-20)30-31-27(25)29(33)32(28)15-18-4-13-23-24(14-18)36-16-35-23/h4-14,17,28H,15-16H2,1-3H3,(H,30,31). The van der Waals surface area contributed by atoms with Gasteiger partial charge in [-0.2, -0.15) is 5.10 Å². The predicted octanol–water partition coefficient (Wildman–Crippen LogP) is 5.68. The van der Waals surface area contributed by atoms with Gasteiger partial charge in [-0.3, -0.25) is 9.89 Å². The van der Waals surface area contributed by atoms with Gasteiger partial charge in [-0.15, -0.1) is 0 Å². The molecule has 7 nitrogen and oxygen atoms in total. The molecule has 182 valence electrons. The Labute approximate surface area is 209 Å². The average Bonchev–Trinajstić information content (AvgIpc) is 3.61.